The van der Waals surface area contributed by atoms with Gasteiger partial charge in [0.05, 0.1) is 24.0 Å². The van der Waals surface area contributed by atoms with Gasteiger partial charge in [-0.2, -0.15) is 13.2 Å². The monoisotopic (exact) mass is 529 g/mol. The molecule has 0 spiro atoms. The smallest absolute Gasteiger partial charge is 0.381 e. The van der Waals surface area contributed by atoms with Gasteiger partial charge < -0.3 is 19.9 Å². The number of methoxy groups -OCH3 is 1. The Balaban J connectivity index is 1.25. The van der Waals surface area contributed by atoms with E-state index in [0.717, 1.165) is 54.1 Å². The topological polar surface area (TPSA) is 60.9 Å². The normalized spacial score (nSPS) is 25.2. The van der Waals surface area contributed by atoms with Gasteiger partial charge in [0, 0.05) is 56.7 Å². The summed E-state index contributed by atoms with van der Waals surface area (Å²) in [6, 6.07) is 9.82. The van der Waals surface area contributed by atoms with E-state index in [2.05, 4.69) is 15.2 Å². The molecule has 2 aromatic rings. The number of rotatable bonds is 4. The number of nitrogens with one attached hydrogen (secondary N) is 1. The highest BCUT2D eigenvalue weighted by Crippen LogP contribution is 2.53. The molecule has 204 valence electrons. The summed E-state index contributed by atoms with van der Waals surface area (Å²) in [7, 11) is 1.72. The van der Waals surface area contributed by atoms with E-state index in [1.165, 1.54) is 0 Å². The Labute approximate surface area is 220 Å². The second-order valence-electron chi connectivity index (χ2n) is 11.0. The van der Waals surface area contributed by atoms with E-state index < -0.39 is 11.7 Å². The summed E-state index contributed by atoms with van der Waals surface area (Å²) in [5.74, 6) is 0.759. The molecule has 7 nitrogen and oxygen atoms in total. The van der Waals surface area contributed by atoms with Gasteiger partial charge in [-0.25, -0.2) is 4.98 Å². The van der Waals surface area contributed by atoms with E-state index in [4.69, 9.17) is 4.74 Å². The first-order valence-electron chi connectivity index (χ1n) is 13.5. The van der Waals surface area contributed by atoms with Crippen LogP contribution in [0.1, 0.15) is 44.1 Å². The summed E-state index contributed by atoms with van der Waals surface area (Å²) >= 11 is 0. The van der Waals surface area contributed by atoms with Crippen LogP contribution in [-0.2, 0) is 16.1 Å². The number of hydrogen-bond donors (Lipinski definition) is 1. The highest BCUT2D eigenvalue weighted by Gasteiger charge is 2.66. The van der Waals surface area contributed by atoms with Crippen molar-refractivity contribution in [1.82, 2.24) is 9.88 Å². The van der Waals surface area contributed by atoms with E-state index in [1.807, 2.05) is 35.2 Å². The molecule has 2 saturated carbocycles. The Morgan fingerprint density at radius 3 is 2.47 bits per heavy atom. The van der Waals surface area contributed by atoms with Gasteiger partial charge in [-0.05, 0) is 62.8 Å². The molecule has 1 aromatic carbocycles. The number of fused-ring (bicyclic) bond motifs is 2. The van der Waals surface area contributed by atoms with Crippen LogP contribution >= 0.6 is 0 Å². The number of amides is 1. The maximum atomic E-state index is 13.9. The number of ether oxygens (including phenoxy) is 1. The number of alkyl halides is 3. The first kappa shape index (κ1) is 25.4. The molecule has 1 amide bonds. The molecule has 10 heteroatoms. The SMILES string of the molecule is COC1CCC(C(=O)N2Cc3cccnc3Nc3ccc(N4CCN(C5(C(F)(F)F)CC5)CC4)cc32)CC1. The molecular weight excluding hydrogens is 495 g/mol. The standard InChI is InChI=1S/C28H34F3N5O2/c1-38-22-7-4-19(5-8-22)26(37)36-18-20-3-2-12-32-25(20)33-23-9-6-21(17-24(23)36)34-13-15-35(16-14-34)27(10-11-27)28(29,30)31/h2-3,6,9,12,17,19,22H,4-5,7-8,10-11,13-16,18H2,1H3,(H,32,33). The van der Waals surface area contributed by atoms with Gasteiger partial charge in [0.1, 0.15) is 11.4 Å². The van der Waals surface area contributed by atoms with Crippen LogP contribution in [0.15, 0.2) is 36.5 Å². The second kappa shape index (κ2) is 9.72. The van der Waals surface area contributed by atoms with Crippen LogP contribution in [0.4, 0.5) is 36.1 Å². The Kier molecular flexibility index (Phi) is 6.50. The summed E-state index contributed by atoms with van der Waals surface area (Å²) in [4.78, 5) is 24.0. The quantitative estimate of drug-likeness (QED) is 0.595. The number of halogens is 3. The lowest BCUT2D eigenvalue weighted by molar-refractivity contribution is -0.197. The summed E-state index contributed by atoms with van der Waals surface area (Å²) in [6.07, 6.45) is 1.46. The van der Waals surface area contributed by atoms with Gasteiger partial charge in [-0.1, -0.05) is 6.07 Å². The lowest BCUT2D eigenvalue weighted by Gasteiger charge is -2.41. The molecule has 0 radical (unpaired) electrons. The van der Waals surface area contributed by atoms with Crippen LogP contribution in [-0.4, -0.2) is 66.9 Å². The maximum Gasteiger partial charge on any atom is 0.406 e. The fourth-order valence-corrected chi connectivity index (χ4v) is 6.36. The fraction of sp³-hybridized carbons (Fsp3) is 0.571. The Bertz CT molecular complexity index is 1190. The van der Waals surface area contributed by atoms with Gasteiger partial charge in [-0.3, -0.25) is 9.69 Å². The third kappa shape index (κ3) is 4.51. The molecule has 1 N–H and O–H groups in total. The number of nitrogens with zero attached hydrogens (tertiary/aromatic N) is 4. The fourth-order valence-electron chi connectivity index (χ4n) is 6.36. The molecule has 2 aliphatic carbocycles. The van der Waals surface area contributed by atoms with Crippen LogP contribution < -0.4 is 15.1 Å². The Morgan fingerprint density at radius 1 is 1.08 bits per heavy atom. The molecule has 38 heavy (non-hydrogen) atoms. The van der Waals surface area contributed by atoms with Crippen LogP contribution in [0, 0.1) is 5.92 Å². The summed E-state index contributed by atoms with van der Waals surface area (Å²) in [5.41, 5.74) is 1.83. The average Bonchev–Trinajstić information content (AvgIpc) is 3.76. The Hall–Kier alpha value is -2.85. The summed E-state index contributed by atoms with van der Waals surface area (Å²) in [6.45, 7) is 2.18. The van der Waals surface area contributed by atoms with Gasteiger partial charge in [0.2, 0.25) is 5.91 Å². The predicted molar refractivity (Wildman–Crippen MR) is 140 cm³/mol. The second-order valence-corrected chi connectivity index (χ2v) is 11.0. The van der Waals surface area contributed by atoms with Crippen molar-refractivity contribution < 1.29 is 22.7 Å². The minimum Gasteiger partial charge on any atom is -0.381 e. The molecule has 0 atom stereocenters. The van der Waals surface area contributed by atoms with Gasteiger partial charge in [-0.15, -0.1) is 0 Å². The third-order valence-electron chi connectivity index (χ3n) is 8.87. The predicted octanol–water partition coefficient (Wildman–Crippen LogP) is 5.09. The van der Waals surface area contributed by atoms with E-state index in [-0.39, 0.29) is 30.8 Å². The lowest BCUT2D eigenvalue weighted by atomic mass is 9.86. The van der Waals surface area contributed by atoms with Crippen molar-refractivity contribution in [3.8, 4) is 0 Å². The third-order valence-corrected chi connectivity index (χ3v) is 8.87. The van der Waals surface area contributed by atoms with Crippen molar-refractivity contribution in [2.75, 3.05) is 48.4 Å². The lowest BCUT2D eigenvalue weighted by Crippen LogP contribution is -2.56. The van der Waals surface area contributed by atoms with Crippen molar-refractivity contribution in [2.45, 2.75) is 62.9 Å². The van der Waals surface area contributed by atoms with E-state index in [1.54, 1.807) is 18.2 Å². The minimum absolute atomic E-state index is 0.0724. The average molecular weight is 530 g/mol. The number of benzene rings is 1. The number of anilines is 4. The molecule has 1 saturated heterocycles. The summed E-state index contributed by atoms with van der Waals surface area (Å²) in [5, 5.41) is 3.41. The molecule has 0 bridgehead atoms. The first-order chi connectivity index (χ1) is 18.3. The number of pyridine rings is 1. The van der Waals surface area contributed by atoms with E-state index in [0.29, 0.717) is 32.7 Å². The van der Waals surface area contributed by atoms with Crippen LogP contribution in [0.5, 0.6) is 0 Å². The zero-order valence-electron chi connectivity index (χ0n) is 21.6. The molecule has 4 aliphatic rings. The molecule has 2 aliphatic heterocycles. The number of carbonyl (C=O) groups excluding carboxylic acids is 1. The van der Waals surface area contributed by atoms with Crippen LogP contribution in [0.3, 0.4) is 0 Å². The van der Waals surface area contributed by atoms with Crippen molar-refractivity contribution in [1.29, 1.82) is 0 Å². The molecule has 1 aromatic heterocycles. The highest BCUT2D eigenvalue weighted by atomic mass is 19.4. The number of piperazine rings is 1. The van der Waals surface area contributed by atoms with Gasteiger partial charge in [0.25, 0.3) is 0 Å². The molecule has 0 unspecified atom stereocenters. The first-order valence-corrected chi connectivity index (χ1v) is 13.5. The number of carbonyl (C=O) groups is 1. The highest BCUT2D eigenvalue weighted by molar-refractivity contribution is 6.00. The molecular formula is C28H34F3N5O2. The molecule has 3 heterocycles. The van der Waals surface area contributed by atoms with Crippen LogP contribution in [0.25, 0.3) is 0 Å². The maximum absolute atomic E-state index is 13.9. The van der Waals surface area contributed by atoms with Crippen molar-refractivity contribution in [3.05, 3.63) is 42.1 Å². The van der Waals surface area contributed by atoms with Gasteiger partial charge >= 0.3 is 6.18 Å². The minimum atomic E-state index is -4.18. The Morgan fingerprint density at radius 2 is 1.82 bits per heavy atom. The zero-order valence-corrected chi connectivity index (χ0v) is 21.6. The van der Waals surface area contributed by atoms with Crippen LogP contribution in [0.2, 0.25) is 0 Å². The molecule has 6 rings (SSSR count). The molecule has 3 fully saturated rings. The van der Waals surface area contributed by atoms with Crippen molar-refractivity contribution >= 4 is 28.8 Å². The zero-order chi connectivity index (χ0) is 26.5. The summed E-state index contributed by atoms with van der Waals surface area (Å²) < 4.78 is 46.4. The van der Waals surface area contributed by atoms with Crippen molar-refractivity contribution in [3.63, 3.8) is 0 Å². The largest absolute Gasteiger partial charge is 0.406 e. The van der Waals surface area contributed by atoms with Crippen molar-refractivity contribution in [2.24, 2.45) is 5.92 Å². The van der Waals surface area contributed by atoms with E-state index in [9.17, 15) is 18.0 Å². The van der Waals surface area contributed by atoms with Gasteiger partial charge in [0.15, 0.2) is 0 Å². The van der Waals surface area contributed by atoms with E-state index >= 15 is 0 Å². The number of aromatic nitrogens is 1. The number of hydrogen-bond acceptors (Lipinski definition) is 6.